The summed E-state index contributed by atoms with van der Waals surface area (Å²) in [7, 11) is 0. The molecule has 2 aromatic carbocycles. The topological polar surface area (TPSA) is 96.5 Å². The van der Waals surface area contributed by atoms with E-state index >= 15 is 0 Å². The van der Waals surface area contributed by atoms with Crippen molar-refractivity contribution in [2.24, 2.45) is 0 Å². The minimum atomic E-state index is -0.818. The lowest BCUT2D eigenvalue weighted by atomic mass is 10.1. The zero-order valence-corrected chi connectivity index (χ0v) is 18.4. The van der Waals surface area contributed by atoms with E-state index in [1.54, 1.807) is 19.1 Å². The Hall–Kier alpha value is -2.77. The fraction of sp³-hybridized carbons (Fsp3) is 0.286. The predicted molar refractivity (Wildman–Crippen MR) is 117 cm³/mol. The highest BCUT2D eigenvalue weighted by molar-refractivity contribution is 6.36. The molecule has 0 fully saturated rings. The van der Waals surface area contributed by atoms with Gasteiger partial charge in [-0.25, -0.2) is 0 Å². The number of aryl methyl sites for hydroxylation is 2. The summed E-state index contributed by atoms with van der Waals surface area (Å²) in [5, 5.41) is 3.34. The SMILES string of the molecule is Cc1ccc(C)c(OC(C)C(=O)NNC(=O)CCC(=O)Nc2ccc(Cl)cc2Cl)c1. The zero-order valence-electron chi connectivity index (χ0n) is 16.8. The molecule has 2 rings (SSSR count). The molecule has 2 aromatic rings. The predicted octanol–water partition coefficient (Wildman–Crippen LogP) is 3.94. The van der Waals surface area contributed by atoms with Crippen LogP contribution < -0.4 is 20.9 Å². The maximum Gasteiger partial charge on any atom is 0.279 e. The summed E-state index contributed by atoms with van der Waals surface area (Å²) in [6.45, 7) is 5.38. The molecule has 3 amide bonds. The number of hydrazine groups is 1. The van der Waals surface area contributed by atoms with Gasteiger partial charge in [-0.05, 0) is 56.2 Å². The largest absolute Gasteiger partial charge is 0.481 e. The number of benzene rings is 2. The maximum atomic E-state index is 12.1. The van der Waals surface area contributed by atoms with Crippen LogP contribution in [0.1, 0.15) is 30.9 Å². The van der Waals surface area contributed by atoms with Gasteiger partial charge in [0.15, 0.2) is 6.10 Å². The van der Waals surface area contributed by atoms with Crippen molar-refractivity contribution >= 4 is 46.6 Å². The van der Waals surface area contributed by atoms with Crippen molar-refractivity contribution in [3.8, 4) is 5.75 Å². The molecule has 0 aliphatic heterocycles. The number of anilines is 1. The first-order valence-electron chi connectivity index (χ1n) is 9.23. The van der Waals surface area contributed by atoms with E-state index in [1.165, 1.54) is 6.07 Å². The molecule has 0 spiro atoms. The van der Waals surface area contributed by atoms with Crippen LogP contribution in [0.4, 0.5) is 5.69 Å². The number of amides is 3. The highest BCUT2D eigenvalue weighted by Crippen LogP contribution is 2.25. The average Bonchev–Trinajstić information content (AvgIpc) is 2.69. The van der Waals surface area contributed by atoms with Crippen molar-refractivity contribution in [3.63, 3.8) is 0 Å². The molecule has 0 saturated carbocycles. The third kappa shape index (κ3) is 7.24. The van der Waals surface area contributed by atoms with Gasteiger partial charge in [0.2, 0.25) is 11.8 Å². The van der Waals surface area contributed by atoms with Gasteiger partial charge < -0.3 is 10.1 Å². The summed E-state index contributed by atoms with van der Waals surface area (Å²) >= 11 is 11.8. The van der Waals surface area contributed by atoms with Gasteiger partial charge in [-0.2, -0.15) is 0 Å². The molecule has 1 unspecified atom stereocenters. The minimum absolute atomic E-state index is 0.0881. The van der Waals surface area contributed by atoms with E-state index in [0.717, 1.165) is 11.1 Å². The Morgan fingerprint density at radius 2 is 1.67 bits per heavy atom. The molecular formula is C21H23Cl2N3O4. The Morgan fingerprint density at radius 3 is 2.37 bits per heavy atom. The van der Waals surface area contributed by atoms with E-state index in [0.29, 0.717) is 21.5 Å². The first-order valence-corrected chi connectivity index (χ1v) is 9.99. The molecule has 0 aliphatic rings. The Kier molecular flexibility index (Phi) is 8.50. The molecule has 160 valence electrons. The number of hydrogen-bond donors (Lipinski definition) is 3. The molecule has 9 heteroatoms. The number of nitrogens with one attached hydrogen (secondary N) is 3. The van der Waals surface area contributed by atoms with E-state index < -0.39 is 23.8 Å². The number of carbonyl (C=O) groups is 3. The highest BCUT2D eigenvalue weighted by Gasteiger charge is 2.17. The van der Waals surface area contributed by atoms with Crippen molar-refractivity contribution in [1.82, 2.24) is 10.9 Å². The van der Waals surface area contributed by atoms with E-state index in [4.69, 9.17) is 27.9 Å². The summed E-state index contributed by atoms with van der Waals surface area (Å²) in [5.41, 5.74) is 6.87. The summed E-state index contributed by atoms with van der Waals surface area (Å²) < 4.78 is 5.65. The molecule has 3 N–H and O–H groups in total. The van der Waals surface area contributed by atoms with Crippen molar-refractivity contribution in [1.29, 1.82) is 0 Å². The van der Waals surface area contributed by atoms with Crippen molar-refractivity contribution < 1.29 is 19.1 Å². The minimum Gasteiger partial charge on any atom is -0.481 e. The lowest BCUT2D eigenvalue weighted by Crippen LogP contribution is -2.47. The second-order valence-corrected chi connectivity index (χ2v) is 7.58. The van der Waals surface area contributed by atoms with Gasteiger partial charge in [0.05, 0.1) is 10.7 Å². The van der Waals surface area contributed by atoms with Crippen LogP contribution >= 0.6 is 23.2 Å². The molecule has 0 heterocycles. The third-order valence-corrected chi connectivity index (χ3v) is 4.67. The molecule has 0 aromatic heterocycles. The van der Waals surface area contributed by atoms with Crippen molar-refractivity contribution in [3.05, 3.63) is 57.6 Å². The summed E-state index contributed by atoms with van der Waals surface area (Å²) in [6.07, 6.45) is -1.03. The van der Waals surface area contributed by atoms with E-state index in [9.17, 15) is 14.4 Å². The Morgan fingerprint density at radius 1 is 0.967 bits per heavy atom. The zero-order chi connectivity index (χ0) is 22.3. The second-order valence-electron chi connectivity index (χ2n) is 6.74. The van der Waals surface area contributed by atoms with E-state index in [1.807, 2.05) is 32.0 Å². The third-order valence-electron chi connectivity index (χ3n) is 4.13. The summed E-state index contributed by atoms with van der Waals surface area (Å²) in [6, 6.07) is 10.3. The number of ether oxygens (including phenoxy) is 1. The molecular weight excluding hydrogens is 429 g/mol. The number of rotatable bonds is 7. The Balaban J connectivity index is 1.74. The van der Waals surface area contributed by atoms with Gasteiger partial charge in [0.1, 0.15) is 5.75 Å². The lowest BCUT2D eigenvalue weighted by molar-refractivity contribution is -0.133. The average molecular weight is 452 g/mol. The fourth-order valence-corrected chi connectivity index (χ4v) is 2.86. The second kappa shape index (κ2) is 10.8. The summed E-state index contributed by atoms with van der Waals surface area (Å²) in [4.78, 5) is 36.0. The van der Waals surface area contributed by atoms with Crippen LogP contribution in [0.3, 0.4) is 0 Å². The smallest absolute Gasteiger partial charge is 0.279 e. The van der Waals surface area contributed by atoms with Gasteiger partial charge in [-0.15, -0.1) is 0 Å². The fourth-order valence-electron chi connectivity index (χ4n) is 2.40. The number of halogens is 2. The van der Waals surface area contributed by atoms with E-state index in [-0.39, 0.29) is 12.8 Å². The Bertz CT molecular complexity index is 950. The van der Waals surface area contributed by atoms with Crippen LogP contribution in [0, 0.1) is 13.8 Å². The highest BCUT2D eigenvalue weighted by atomic mass is 35.5. The van der Waals surface area contributed by atoms with Crippen LogP contribution in [0.15, 0.2) is 36.4 Å². The van der Waals surface area contributed by atoms with Gasteiger partial charge in [0, 0.05) is 17.9 Å². The molecule has 0 saturated heterocycles. The lowest BCUT2D eigenvalue weighted by Gasteiger charge is -2.17. The van der Waals surface area contributed by atoms with Crippen LogP contribution in [0.5, 0.6) is 5.75 Å². The molecule has 30 heavy (non-hydrogen) atoms. The Labute approximate surface area is 185 Å². The van der Waals surface area contributed by atoms with Gasteiger partial charge >= 0.3 is 0 Å². The monoisotopic (exact) mass is 451 g/mol. The van der Waals surface area contributed by atoms with Crippen LogP contribution in [-0.2, 0) is 14.4 Å². The number of carbonyl (C=O) groups excluding carboxylic acids is 3. The van der Waals surface area contributed by atoms with Crippen LogP contribution in [0.25, 0.3) is 0 Å². The first kappa shape index (κ1) is 23.5. The molecule has 0 radical (unpaired) electrons. The van der Waals surface area contributed by atoms with Crippen molar-refractivity contribution in [2.75, 3.05) is 5.32 Å². The van der Waals surface area contributed by atoms with Gasteiger partial charge in [0.25, 0.3) is 5.91 Å². The van der Waals surface area contributed by atoms with Crippen LogP contribution in [0.2, 0.25) is 10.0 Å². The first-order chi connectivity index (χ1) is 14.2. The molecule has 0 bridgehead atoms. The normalized spacial score (nSPS) is 11.4. The van der Waals surface area contributed by atoms with E-state index in [2.05, 4.69) is 16.2 Å². The van der Waals surface area contributed by atoms with Crippen molar-refractivity contribution in [2.45, 2.75) is 39.7 Å². The molecule has 1 atom stereocenters. The molecule has 7 nitrogen and oxygen atoms in total. The summed E-state index contributed by atoms with van der Waals surface area (Å²) in [5.74, 6) is -0.824. The maximum absolute atomic E-state index is 12.1. The quantitative estimate of drug-likeness (QED) is 0.555. The van der Waals surface area contributed by atoms with Crippen LogP contribution in [-0.4, -0.2) is 23.8 Å². The van der Waals surface area contributed by atoms with Gasteiger partial charge in [-0.3, -0.25) is 25.2 Å². The standard InChI is InChI=1S/C21H23Cl2N3O4/c1-12-4-5-13(2)18(10-12)30-14(3)21(29)26-25-20(28)9-8-19(27)24-17-7-6-15(22)11-16(17)23/h4-7,10-11,14H,8-9H2,1-3H3,(H,24,27)(H,25,28)(H,26,29). The van der Waals surface area contributed by atoms with Gasteiger partial charge in [-0.1, -0.05) is 35.3 Å². The number of hydrogen-bond acceptors (Lipinski definition) is 4. The molecule has 0 aliphatic carbocycles.